The van der Waals surface area contributed by atoms with Crippen molar-refractivity contribution in [3.8, 4) is 0 Å². The number of nitrogens with zero attached hydrogens (tertiary/aromatic N) is 1. The Bertz CT molecular complexity index is 310. The number of carbonyl (C=O) groups is 2. The Balaban J connectivity index is 2.42. The van der Waals surface area contributed by atoms with E-state index in [1.165, 1.54) is 4.90 Å². The maximum Gasteiger partial charge on any atom is 0.287 e. The monoisotopic (exact) mass is 250 g/mol. The predicted molar refractivity (Wildman–Crippen MR) is 55.4 cm³/mol. The van der Waals surface area contributed by atoms with Crippen molar-refractivity contribution in [2.75, 3.05) is 26.2 Å². The number of hydrogen-bond donors (Lipinski definition) is 2. The molecule has 98 valence electrons. The molecule has 0 spiro atoms. The summed E-state index contributed by atoms with van der Waals surface area (Å²) in [6.07, 6.45) is 0.0599. The molecule has 0 aromatic heterocycles. The van der Waals surface area contributed by atoms with Gasteiger partial charge in [-0.25, -0.2) is 8.78 Å². The molecule has 2 amide bonds. The lowest BCUT2D eigenvalue weighted by molar-refractivity contribution is -0.129. The summed E-state index contributed by atoms with van der Waals surface area (Å²) >= 11 is 0. The zero-order valence-corrected chi connectivity index (χ0v) is 9.58. The van der Waals surface area contributed by atoms with Crippen LogP contribution in [-0.4, -0.2) is 54.0 Å². The summed E-state index contributed by atoms with van der Waals surface area (Å²) in [5, 5.41) is 10.4. The summed E-state index contributed by atoms with van der Waals surface area (Å²) in [5.41, 5.74) is 0. The lowest BCUT2D eigenvalue weighted by Crippen LogP contribution is -2.42. The maximum atomic E-state index is 12.7. The van der Waals surface area contributed by atoms with Crippen LogP contribution < -0.4 is 5.32 Å². The van der Waals surface area contributed by atoms with Crippen LogP contribution in [0.15, 0.2) is 0 Å². The van der Waals surface area contributed by atoms with Crippen LogP contribution in [-0.2, 0) is 9.59 Å². The minimum Gasteiger partial charge on any atom is -0.390 e. The highest BCUT2D eigenvalue weighted by molar-refractivity contribution is 5.89. The van der Waals surface area contributed by atoms with Crippen LogP contribution in [0, 0.1) is 5.92 Å². The molecule has 0 saturated carbocycles. The van der Waals surface area contributed by atoms with Crippen molar-refractivity contribution in [2.45, 2.75) is 19.3 Å². The normalized spacial score (nSPS) is 20.8. The number of amides is 2. The van der Waals surface area contributed by atoms with Gasteiger partial charge >= 0.3 is 0 Å². The van der Waals surface area contributed by atoms with Gasteiger partial charge in [0.25, 0.3) is 5.92 Å². The fourth-order valence-electron chi connectivity index (χ4n) is 1.67. The minimum atomic E-state index is -3.32. The highest BCUT2D eigenvalue weighted by atomic mass is 19.3. The third-order valence-corrected chi connectivity index (χ3v) is 2.72. The zero-order valence-electron chi connectivity index (χ0n) is 9.58. The molecule has 1 rings (SSSR count). The van der Waals surface area contributed by atoms with Crippen LogP contribution in [0.4, 0.5) is 8.78 Å². The lowest BCUT2D eigenvalue weighted by atomic mass is 10.1. The maximum absolute atomic E-state index is 12.7. The highest BCUT2D eigenvalue weighted by Crippen LogP contribution is 2.18. The summed E-state index contributed by atoms with van der Waals surface area (Å²) in [6, 6.07) is 0. The molecule has 1 unspecified atom stereocenters. The van der Waals surface area contributed by atoms with E-state index in [0.717, 1.165) is 0 Å². The molecule has 7 heteroatoms. The average molecular weight is 250 g/mol. The number of likely N-dealkylation sites (tertiary alicyclic amines) is 1. The number of nitrogens with one attached hydrogen (secondary N) is 1. The third-order valence-electron chi connectivity index (χ3n) is 2.72. The standard InChI is InChI=1S/C10H16F2N2O3/c1-2-14-4-7(3-8(14)16)9(17)13-5-10(11,12)6-15/h7,15H,2-6H2,1H3,(H,13,17). The van der Waals surface area contributed by atoms with Crippen molar-refractivity contribution >= 4 is 11.8 Å². The topological polar surface area (TPSA) is 69.6 Å². The number of aliphatic hydroxyl groups is 1. The second-order valence-electron chi connectivity index (χ2n) is 4.07. The Morgan fingerprint density at radius 1 is 1.65 bits per heavy atom. The molecule has 0 aromatic rings. The number of carbonyl (C=O) groups excluding carboxylic acids is 2. The SMILES string of the molecule is CCN1CC(C(=O)NCC(F)(F)CO)CC1=O. The van der Waals surface area contributed by atoms with Crippen molar-refractivity contribution in [2.24, 2.45) is 5.92 Å². The summed E-state index contributed by atoms with van der Waals surface area (Å²) < 4.78 is 25.4. The fraction of sp³-hybridized carbons (Fsp3) is 0.800. The molecule has 17 heavy (non-hydrogen) atoms. The van der Waals surface area contributed by atoms with Gasteiger partial charge in [0.1, 0.15) is 6.61 Å². The second-order valence-corrected chi connectivity index (χ2v) is 4.07. The van der Waals surface area contributed by atoms with Crippen LogP contribution >= 0.6 is 0 Å². The van der Waals surface area contributed by atoms with Gasteiger partial charge in [-0.3, -0.25) is 9.59 Å². The van der Waals surface area contributed by atoms with E-state index in [1.807, 2.05) is 0 Å². The van der Waals surface area contributed by atoms with Gasteiger partial charge in [-0.05, 0) is 6.92 Å². The van der Waals surface area contributed by atoms with Gasteiger partial charge in [-0.1, -0.05) is 0 Å². The van der Waals surface area contributed by atoms with Crippen LogP contribution in [0.5, 0.6) is 0 Å². The van der Waals surface area contributed by atoms with E-state index in [0.29, 0.717) is 6.54 Å². The summed E-state index contributed by atoms with van der Waals surface area (Å²) in [6.45, 7) is 0.358. The molecule has 1 aliphatic heterocycles. The Kier molecular flexibility index (Phi) is 4.39. The molecule has 2 N–H and O–H groups in total. The fourth-order valence-corrected chi connectivity index (χ4v) is 1.67. The first-order valence-electron chi connectivity index (χ1n) is 5.43. The van der Waals surface area contributed by atoms with Gasteiger partial charge in [0.05, 0.1) is 12.5 Å². The average Bonchev–Trinajstić information content (AvgIpc) is 2.67. The molecule has 1 atom stereocenters. The van der Waals surface area contributed by atoms with E-state index >= 15 is 0 Å². The van der Waals surface area contributed by atoms with E-state index in [2.05, 4.69) is 5.32 Å². The number of aliphatic hydroxyl groups excluding tert-OH is 1. The summed E-state index contributed by atoms with van der Waals surface area (Å²) in [4.78, 5) is 24.4. The molecule has 0 bridgehead atoms. The van der Waals surface area contributed by atoms with Gasteiger partial charge in [-0.15, -0.1) is 0 Å². The molecule has 1 saturated heterocycles. The number of alkyl halides is 2. The van der Waals surface area contributed by atoms with Gasteiger partial charge in [0, 0.05) is 19.5 Å². The first-order chi connectivity index (χ1) is 7.89. The quantitative estimate of drug-likeness (QED) is 0.697. The number of hydrogen-bond acceptors (Lipinski definition) is 3. The van der Waals surface area contributed by atoms with Gasteiger partial charge < -0.3 is 15.3 Å². The van der Waals surface area contributed by atoms with Crippen molar-refractivity contribution in [3.63, 3.8) is 0 Å². The first-order valence-corrected chi connectivity index (χ1v) is 5.43. The minimum absolute atomic E-state index is 0.0599. The van der Waals surface area contributed by atoms with Crippen molar-refractivity contribution in [3.05, 3.63) is 0 Å². The molecule has 1 aliphatic rings. The molecule has 1 heterocycles. The molecule has 5 nitrogen and oxygen atoms in total. The van der Waals surface area contributed by atoms with Crippen LogP contribution in [0.3, 0.4) is 0 Å². The van der Waals surface area contributed by atoms with E-state index in [9.17, 15) is 18.4 Å². The van der Waals surface area contributed by atoms with Gasteiger partial charge in [0.2, 0.25) is 11.8 Å². The third kappa shape index (κ3) is 3.62. The number of rotatable bonds is 5. The molecular weight excluding hydrogens is 234 g/mol. The van der Waals surface area contributed by atoms with E-state index < -0.39 is 30.9 Å². The largest absolute Gasteiger partial charge is 0.390 e. The zero-order chi connectivity index (χ0) is 13.1. The molecular formula is C10H16F2N2O3. The van der Waals surface area contributed by atoms with Crippen molar-refractivity contribution in [1.29, 1.82) is 0 Å². The Morgan fingerprint density at radius 2 is 2.29 bits per heavy atom. The van der Waals surface area contributed by atoms with Crippen LogP contribution in [0.2, 0.25) is 0 Å². The van der Waals surface area contributed by atoms with Gasteiger partial charge in [0.15, 0.2) is 0 Å². The Hall–Kier alpha value is -1.24. The summed E-state index contributed by atoms with van der Waals surface area (Å²) in [7, 11) is 0. The van der Waals surface area contributed by atoms with Crippen LogP contribution in [0.1, 0.15) is 13.3 Å². The molecule has 0 aromatic carbocycles. The van der Waals surface area contributed by atoms with E-state index in [4.69, 9.17) is 5.11 Å². The second kappa shape index (κ2) is 5.39. The van der Waals surface area contributed by atoms with Gasteiger partial charge in [-0.2, -0.15) is 0 Å². The Labute approximate surface area is 97.8 Å². The number of halogens is 2. The molecule has 0 radical (unpaired) electrons. The highest BCUT2D eigenvalue weighted by Gasteiger charge is 2.35. The van der Waals surface area contributed by atoms with Crippen LogP contribution in [0.25, 0.3) is 0 Å². The smallest absolute Gasteiger partial charge is 0.287 e. The van der Waals surface area contributed by atoms with E-state index in [-0.39, 0.29) is 18.9 Å². The van der Waals surface area contributed by atoms with Crippen molar-refractivity contribution in [1.82, 2.24) is 10.2 Å². The first kappa shape index (κ1) is 13.8. The molecule has 0 aliphatic carbocycles. The summed E-state index contributed by atoms with van der Waals surface area (Å²) in [5.74, 6) is -4.59. The lowest BCUT2D eigenvalue weighted by Gasteiger charge is -2.16. The predicted octanol–water partition coefficient (Wildman–Crippen LogP) is -0.401. The van der Waals surface area contributed by atoms with E-state index in [1.54, 1.807) is 6.92 Å². The Morgan fingerprint density at radius 3 is 2.76 bits per heavy atom. The molecule has 1 fully saturated rings. The van der Waals surface area contributed by atoms with Crippen molar-refractivity contribution < 1.29 is 23.5 Å².